The number of hydrogen-bond acceptors (Lipinski definition) is 4. The first-order chi connectivity index (χ1) is 9.77. The number of nitrogens with one attached hydrogen (secondary N) is 1. The summed E-state index contributed by atoms with van der Waals surface area (Å²) in [5.74, 6) is -2.49. The van der Waals surface area contributed by atoms with E-state index in [0.717, 1.165) is 12.4 Å². The third-order valence-corrected chi connectivity index (χ3v) is 2.41. The molecule has 0 aliphatic carbocycles. The topological polar surface area (TPSA) is 75.1 Å². The standard InChI is InChI=1S/C12H7F4N3O2/c13-7-2-1-6(12(14,15)16)3-8(7)18-10-5-17-4-9(19-10)11(20)21/h1-5H,(H,18,19)(H,20,21). The maximum atomic E-state index is 13.5. The van der Waals surface area contributed by atoms with Crippen molar-refractivity contribution in [3.63, 3.8) is 0 Å². The Bertz CT molecular complexity index is 688. The van der Waals surface area contributed by atoms with Crippen molar-refractivity contribution < 1.29 is 27.5 Å². The number of aromatic nitrogens is 2. The van der Waals surface area contributed by atoms with Gasteiger partial charge in [-0.15, -0.1) is 0 Å². The molecular weight excluding hydrogens is 294 g/mol. The number of nitrogens with zero attached hydrogens (tertiary/aromatic N) is 2. The minimum absolute atomic E-state index is 0.187. The van der Waals surface area contributed by atoms with Gasteiger partial charge in [-0.1, -0.05) is 0 Å². The number of aromatic carboxylic acids is 1. The number of carbonyl (C=O) groups is 1. The van der Waals surface area contributed by atoms with Crippen molar-refractivity contribution in [2.45, 2.75) is 6.18 Å². The van der Waals surface area contributed by atoms with Crippen LogP contribution in [0.5, 0.6) is 0 Å². The quantitative estimate of drug-likeness (QED) is 0.852. The Morgan fingerprint density at radius 2 is 1.95 bits per heavy atom. The summed E-state index contributed by atoms with van der Waals surface area (Å²) < 4.78 is 51.2. The number of halogens is 4. The first kappa shape index (κ1) is 14.7. The molecule has 0 radical (unpaired) electrons. The Morgan fingerprint density at radius 1 is 1.24 bits per heavy atom. The highest BCUT2D eigenvalue weighted by Crippen LogP contribution is 2.32. The minimum Gasteiger partial charge on any atom is -0.476 e. The van der Waals surface area contributed by atoms with Crippen molar-refractivity contribution >= 4 is 17.5 Å². The summed E-state index contributed by atoms with van der Waals surface area (Å²) in [4.78, 5) is 17.8. The molecule has 0 saturated carbocycles. The largest absolute Gasteiger partial charge is 0.476 e. The summed E-state index contributed by atoms with van der Waals surface area (Å²) in [6.07, 6.45) is -2.61. The predicted molar refractivity (Wildman–Crippen MR) is 63.7 cm³/mol. The van der Waals surface area contributed by atoms with Gasteiger partial charge in [-0.3, -0.25) is 4.98 Å². The zero-order valence-corrected chi connectivity index (χ0v) is 10.1. The van der Waals surface area contributed by atoms with Gasteiger partial charge in [0.15, 0.2) is 5.69 Å². The third kappa shape index (κ3) is 3.44. The number of alkyl halides is 3. The average Bonchev–Trinajstić information content (AvgIpc) is 2.40. The zero-order valence-electron chi connectivity index (χ0n) is 10.1. The molecule has 1 aromatic heterocycles. The summed E-state index contributed by atoms with van der Waals surface area (Å²) in [7, 11) is 0. The molecule has 110 valence electrons. The Labute approximate surface area is 115 Å². The van der Waals surface area contributed by atoms with Crippen molar-refractivity contribution in [1.29, 1.82) is 0 Å². The molecule has 0 amide bonds. The van der Waals surface area contributed by atoms with Crippen LogP contribution in [0.3, 0.4) is 0 Å². The van der Waals surface area contributed by atoms with Crippen LogP contribution in [0.25, 0.3) is 0 Å². The molecule has 5 nitrogen and oxygen atoms in total. The molecule has 2 N–H and O–H groups in total. The normalized spacial score (nSPS) is 11.2. The molecule has 0 fully saturated rings. The van der Waals surface area contributed by atoms with E-state index in [0.29, 0.717) is 18.2 Å². The lowest BCUT2D eigenvalue weighted by Gasteiger charge is -2.11. The number of carboxylic acids is 1. The Balaban J connectivity index is 2.35. The molecule has 1 aromatic carbocycles. The number of rotatable bonds is 3. The lowest BCUT2D eigenvalue weighted by molar-refractivity contribution is -0.137. The van der Waals surface area contributed by atoms with Gasteiger partial charge in [0.25, 0.3) is 0 Å². The van der Waals surface area contributed by atoms with Crippen molar-refractivity contribution in [1.82, 2.24) is 9.97 Å². The van der Waals surface area contributed by atoms with Crippen LogP contribution in [0, 0.1) is 5.82 Å². The Morgan fingerprint density at radius 3 is 2.57 bits per heavy atom. The van der Waals surface area contributed by atoms with Gasteiger partial charge in [0.2, 0.25) is 0 Å². The molecule has 1 heterocycles. The molecule has 0 aliphatic heterocycles. The smallest absolute Gasteiger partial charge is 0.416 e. The number of benzene rings is 1. The number of anilines is 2. The lowest BCUT2D eigenvalue weighted by Crippen LogP contribution is -2.08. The molecule has 0 unspecified atom stereocenters. The van der Waals surface area contributed by atoms with Gasteiger partial charge in [0.1, 0.15) is 11.6 Å². The van der Waals surface area contributed by atoms with Crippen molar-refractivity contribution in [2.75, 3.05) is 5.32 Å². The summed E-state index contributed by atoms with van der Waals surface area (Å²) in [5, 5.41) is 11.0. The fourth-order valence-electron chi connectivity index (χ4n) is 1.46. The van der Waals surface area contributed by atoms with E-state index in [4.69, 9.17) is 5.11 Å². The van der Waals surface area contributed by atoms with E-state index in [1.807, 2.05) is 0 Å². The summed E-state index contributed by atoms with van der Waals surface area (Å²) in [5.41, 5.74) is -1.96. The van der Waals surface area contributed by atoms with Crippen LogP contribution in [0.4, 0.5) is 29.1 Å². The van der Waals surface area contributed by atoms with Crippen LogP contribution in [0.2, 0.25) is 0 Å². The maximum absolute atomic E-state index is 13.5. The second-order valence-corrected chi connectivity index (χ2v) is 3.91. The first-order valence-electron chi connectivity index (χ1n) is 5.46. The predicted octanol–water partition coefficient (Wildman–Crippen LogP) is 3.08. The van der Waals surface area contributed by atoms with E-state index in [2.05, 4.69) is 15.3 Å². The molecule has 0 spiro atoms. The fourth-order valence-corrected chi connectivity index (χ4v) is 1.46. The van der Waals surface area contributed by atoms with Crippen LogP contribution in [-0.4, -0.2) is 21.0 Å². The highest BCUT2D eigenvalue weighted by atomic mass is 19.4. The maximum Gasteiger partial charge on any atom is 0.416 e. The number of carboxylic acid groups (broad SMARTS) is 1. The Kier molecular flexibility index (Phi) is 3.74. The van der Waals surface area contributed by atoms with Crippen molar-refractivity contribution in [3.05, 3.63) is 47.7 Å². The van der Waals surface area contributed by atoms with E-state index >= 15 is 0 Å². The zero-order chi connectivity index (χ0) is 15.6. The van der Waals surface area contributed by atoms with Crippen molar-refractivity contribution in [2.24, 2.45) is 0 Å². The summed E-state index contributed by atoms with van der Waals surface area (Å²) in [6.45, 7) is 0. The van der Waals surface area contributed by atoms with Gasteiger partial charge >= 0.3 is 12.1 Å². The first-order valence-corrected chi connectivity index (χ1v) is 5.46. The summed E-state index contributed by atoms with van der Waals surface area (Å²) >= 11 is 0. The molecular formula is C12H7F4N3O2. The van der Waals surface area contributed by atoms with E-state index in [1.54, 1.807) is 0 Å². The molecule has 0 saturated heterocycles. The monoisotopic (exact) mass is 301 g/mol. The van der Waals surface area contributed by atoms with Crippen LogP contribution in [-0.2, 0) is 6.18 Å². The van der Waals surface area contributed by atoms with Crippen molar-refractivity contribution in [3.8, 4) is 0 Å². The second kappa shape index (κ2) is 5.35. The van der Waals surface area contributed by atoms with Crippen LogP contribution in [0.15, 0.2) is 30.6 Å². The SMILES string of the molecule is O=C(O)c1cncc(Nc2cc(C(F)(F)F)ccc2F)n1. The van der Waals surface area contributed by atoms with Crippen LogP contribution in [0.1, 0.15) is 16.1 Å². The molecule has 0 bridgehead atoms. The second-order valence-electron chi connectivity index (χ2n) is 3.91. The average molecular weight is 301 g/mol. The molecule has 21 heavy (non-hydrogen) atoms. The highest BCUT2D eigenvalue weighted by Gasteiger charge is 2.31. The minimum atomic E-state index is -4.63. The fraction of sp³-hybridized carbons (Fsp3) is 0.0833. The molecule has 2 aromatic rings. The van der Waals surface area contributed by atoms with Gasteiger partial charge in [-0.25, -0.2) is 14.2 Å². The van der Waals surface area contributed by atoms with Crippen LogP contribution < -0.4 is 5.32 Å². The molecule has 2 rings (SSSR count). The molecule has 0 aliphatic rings. The molecule has 9 heteroatoms. The van der Waals surface area contributed by atoms with Gasteiger partial charge in [0, 0.05) is 0 Å². The van der Waals surface area contributed by atoms with E-state index < -0.39 is 34.9 Å². The van der Waals surface area contributed by atoms with Gasteiger partial charge in [0.05, 0.1) is 23.6 Å². The van der Waals surface area contributed by atoms with E-state index in [-0.39, 0.29) is 5.82 Å². The van der Waals surface area contributed by atoms with Gasteiger partial charge in [-0.05, 0) is 18.2 Å². The molecule has 0 atom stereocenters. The van der Waals surface area contributed by atoms with Gasteiger partial charge in [-0.2, -0.15) is 13.2 Å². The summed E-state index contributed by atoms with van der Waals surface area (Å²) in [6, 6.07) is 1.81. The highest BCUT2D eigenvalue weighted by molar-refractivity contribution is 5.85. The third-order valence-electron chi connectivity index (χ3n) is 2.41. The van der Waals surface area contributed by atoms with Crippen LogP contribution >= 0.6 is 0 Å². The van der Waals surface area contributed by atoms with E-state index in [1.165, 1.54) is 0 Å². The van der Waals surface area contributed by atoms with E-state index in [9.17, 15) is 22.4 Å². The number of hydrogen-bond donors (Lipinski definition) is 2. The van der Waals surface area contributed by atoms with Gasteiger partial charge < -0.3 is 10.4 Å². The lowest BCUT2D eigenvalue weighted by atomic mass is 10.2. The Hall–Kier alpha value is -2.71.